The van der Waals surface area contributed by atoms with Gasteiger partial charge in [0.2, 0.25) is 0 Å². The number of H-pyrrole nitrogens is 1. The minimum atomic E-state index is -3.66. The number of rotatable bonds is 8. The summed E-state index contributed by atoms with van der Waals surface area (Å²) in [6, 6.07) is 4.20. The number of nitrogens with one attached hydrogen (secondary N) is 3. The highest BCUT2D eigenvalue weighted by Gasteiger charge is 2.26. The summed E-state index contributed by atoms with van der Waals surface area (Å²) in [5.74, 6) is -1.04. The Morgan fingerprint density at radius 3 is 2.40 bits per heavy atom. The Balaban J connectivity index is 0.000000641. The Kier molecular flexibility index (Phi) is 9.75. The number of halogens is 1. The Morgan fingerprint density at radius 1 is 1.20 bits per heavy atom. The summed E-state index contributed by atoms with van der Waals surface area (Å²) >= 11 is 0. The molecule has 1 aromatic heterocycles. The van der Waals surface area contributed by atoms with E-state index in [0.717, 1.165) is 30.9 Å². The quantitative estimate of drug-likeness (QED) is 0.320. The molecular formula is C24H33FN4O5S. The largest absolute Gasteiger partial charge is 0.358 e. The zero-order chi connectivity index (χ0) is 26.3. The first kappa shape index (κ1) is 28.2. The maximum absolute atomic E-state index is 13.7. The molecule has 192 valence electrons. The number of hydrogen-bond donors (Lipinski definition) is 4. The van der Waals surface area contributed by atoms with Crippen molar-refractivity contribution in [2.24, 2.45) is 0 Å². The zero-order valence-corrected chi connectivity index (χ0v) is 21.5. The van der Waals surface area contributed by atoms with Crippen LogP contribution < -0.4 is 10.6 Å². The fraction of sp³-hybridized carbons (Fsp3) is 0.417. The monoisotopic (exact) mass is 508 g/mol. The van der Waals surface area contributed by atoms with Crippen LogP contribution in [0.5, 0.6) is 0 Å². The number of carbonyl (C=O) groups is 2. The summed E-state index contributed by atoms with van der Waals surface area (Å²) < 4.78 is 40.6. The molecule has 2 heterocycles. The average Bonchev–Trinajstić information content (AvgIpc) is 3.26. The van der Waals surface area contributed by atoms with Crippen LogP contribution >= 0.6 is 0 Å². The molecule has 1 aromatic carbocycles. The van der Waals surface area contributed by atoms with Crippen LogP contribution in [0.15, 0.2) is 18.2 Å². The second-order valence-electron chi connectivity index (χ2n) is 8.02. The summed E-state index contributed by atoms with van der Waals surface area (Å²) in [5, 5.41) is 5.70. The van der Waals surface area contributed by atoms with Crippen LogP contribution in [-0.4, -0.2) is 66.6 Å². The van der Waals surface area contributed by atoms with E-state index in [1.807, 2.05) is 13.8 Å². The number of aryl methyl sites for hydroxylation is 1. The molecule has 0 bridgehead atoms. The number of benzene rings is 1. The third-order valence-electron chi connectivity index (χ3n) is 5.73. The molecule has 9 nitrogen and oxygen atoms in total. The van der Waals surface area contributed by atoms with Gasteiger partial charge in [-0.05, 0) is 63.7 Å². The summed E-state index contributed by atoms with van der Waals surface area (Å²) in [5.41, 5.74) is 4.20. The first-order chi connectivity index (χ1) is 16.4. The van der Waals surface area contributed by atoms with E-state index >= 15 is 0 Å². The molecule has 0 aliphatic carbocycles. The summed E-state index contributed by atoms with van der Waals surface area (Å²) in [7, 11) is -3.66. The van der Waals surface area contributed by atoms with E-state index < -0.39 is 15.9 Å². The van der Waals surface area contributed by atoms with E-state index in [1.165, 1.54) is 19.1 Å². The van der Waals surface area contributed by atoms with Crippen molar-refractivity contribution in [3.05, 3.63) is 52.1 Å². The van der Waals surface area contributed by atoms with Gasteiger partial charge in [-0.1, -0.05) is 13.8 Å². The van der Waals surface area contributed by atoms with Gasteiger partial charge in [-0.15, -0.1) is 0 Å². The van der Waals surface area contributed by atoms with Crippen LogP contribution in [0, 0.1) is 19.7 Å². The first-order valence-electron chi connectivity index (χ1n) is 11.4. The number of aromatic amines is 1. The summed E-state index contributed by atoms with van der Waals surface area (Å²) in [6.07, 6.45) is 1.68. The molecule has 0 atom stereocenters. The van der Waals surface area contributed by atoms with Gasteiger partial charge in [-0.3, -0.25) is 14.1 Å². The van der Waals surface area contributed by atoms with Crippen LogP contribution in [0.3, 0.4) is 0 Å². The van der Waals surface area contributed by atoms with Crippen LogP contribution in [0.4, 0.5) is 10.1 Å². The Labute approximate surface area is 205 Å². The maximum atomic E-state index is 13.7. The highest BCUT2D eigenvalue weighted by molar-refractivity contribution is 7.85. The molecule has 0 fully saturated rings. The third-order valence-corrected chi connectivity index (χ3v) is 6.46. The number of likely N-dealkylation sites (N-methyl/N-ethyl adjacent to an activating group) is 1. The van der Waals surface area contributed by atoms with Crippen LogP contribution in [0.1, 0.15) is 53.6 Å². The topological polar surface area (TPSA) is 132 Å². The fourth-order valence-corrected chi connectivity index (χ4v) is 3.66. The number of anilines is 1. The van der Waals surface area contributed by atoms with Crippen LogP contribution in [0.2, 0.25) is 0 Å². The van der Waals surface area contributed by atoms with Crippen LogP contribution in [-0.2, 0) is 14.9 Å². The zero-order valence-electron chi connectivity index (χ0n) is 20.7. The second kappa shape index (κ2) is 12.1. The highest BCUT2D eigenvalue weighted by atomic mass is 32.2. The SMILES string of the molecule is CCN(CC)CCNC(=O)c1c(C)[nH]c(/C=C2\C(=O)Nc3ccc(F)cc32)c1C.CCS(=O)(=O)O. The van der Waals surface area contributed by atoms with Crippen molar-refractivity contribution >= 4 is 39.3 Å². The first-order valence-corrected chi connectivity index (χ1v) is 13.0. The minimum Gasteiger partial charge on any atom is -0.358 e. The van der Waals surface area contributed by atoms with Gasteiger partial charge in [-0.2, -0.15) is 8.42 Å². The van der Waals surface area contributed by atoms with E-state index in [-0.39, 0.29) is 17.6 Å². The number of aromatic nitrogens is 1. The molecule has 0 saturated heterocycles. The van der Waals surface area contributed by atoms with Crippen molar-refractivity contribution in [2.75, 3.05) is 37.2 Å². The number of hydrogen-bond acceptors (Lipinski definition) is 5. The van der Waals surface area contributed by atoms with Crippen molar-refractivity contribution in [3.63, 3.8) is 0 Å². The van der Waals surface area contributed by atoms with Crippen LogP contribution in [0.25, 0.3) is 11.6 Å². The predicted octanol–water partition coefficient (Wildman–Crippen LogP) is 3.23. The van der Waals surface area contributed by atoms with Crippen molar-refractivity contribution in [3.8, 4) is 0 Å². The molecule has 11 heteroatoms. The molecule has 3 rings (SSSR count). The smallest absolute Gasteiger partial charge is 0.264 e. The van der Waals surface area contributed by atoms with Gasteiger partial charge in [0, 0.05) is 35.7 Å². The lowest BCUT2D eigenvalue weighted by atomic mass is 10.0. The molecule has 2 aromatic rings. The number of nitrogens with zero attached hydrogens (tertiary/aromatic N) is 1. The van der Waals surface area contributed by atoms with Gasteiger partial charge in [-0.25, -0.2) is 4.39 Å². The van der Waals surface area contributed by atoms with Crippen molar-refractivity contribution in [2.45, 2.75) is 34.6 Å². The molecule has 4 N–H and O–H groups in total. The van der Waals surface area contributed by atoms with Crippen molar-refractivity contribution < 1.29 is 27.0 Å². The molecule has 0 radical (unpaired) electrons. The summed E-state index contributed by atoms with van der Waals surface area (Å²) in [6.45, 7) is 12.5. The van der Waals surface area contributed by atoms with Gasteiger partial charge in [0.05, 0.1) is 16.9 Å². The van der Waals surface area contributed by atoms with Crippen molar-refractivity contribution in [1.29, 1.82) is 0 Å². The number of fused-ring (bicyclic) bond motifs is 1. The average molecular weight is 509 g/mol. The number of amides is 2. The molecular weight excluding hydrogens is 475 g/mol. The lowest BCUT2D eigenvalue weighted by Crippen LogP contribution is -2.35. The highest BCUT2D eigenvalue weighted by Crippen LogP contribution is 2.34. The van der Waals surface area contributed by atoms with Gasteiger partial charge in [0.25, 0.3) is 21.9 Å². The molecule has 2 amide bonds. The standard InChI is InChI=1S/C22H27FN4O2.C2H6O3S/c1-5-27(6-2)10-9-24-22(29)20-13(3)19(25-14(20)4)12-17-16-11-15(23)7-8-18(16)26-21(17)28;1-2-6(3,4)5/h7-8,11-12,25H,5-6,9-10H2,1-4H3,(H,24,29)(H,26,28);2H2,1H3,(H,3,4,5)/b17-12-;. The van der Waals surface area contributed by atoms with Gasteiger partial charge < -0.3 is 20.5 Å². The predicted molar refractivity (Wildman–Crippen MR) is 135 cm³/mol. The lowest BCUT2D eigenvalue weighted by molar-refractivity contribution is -0.110. The fourth-order valence-electron chi connectivity index (χ4n) is 3.66. The van der Waals surface area contributed by atoms with Gasteiger partial charge >= 0.3 is 0 Å². The lowest BCUT2D eigenvalue weighted by Gasteiger charge is -2.18. The van der Waals surface area contributed by atoms with E-state index in [0.29, 0.717) is 34.6 Å². The van der Waals surface area contributed by atoms with Crippen molar-refractivity contribution in [1.82, 2.24) is 15.2 Å². The Morgan fingerprint density at radius 2 is 1.83 bits per heavy atom. The number of carbonyl (C=O) groups excluding carboxylic acids is 2. The third kappa shape index (κ3) is 7.48. The van der Waals surface area contributed by atoms with E-state index in [2.05, 4.69) is 34.4 Å². The second-order valence-corrected chi connectivity index (χ2v) is 9.76. The Bertz CT molecular complexity index is 1220. The molecule has 0 spiro atoms. The molecule has 35 heavy (non-hydrogen) atoms. The Hall–Kier alpha value is -3.02. The molecule has 1 aliphatic heterocycles. The minimum absolute atomic E-state index is 0.143. The summed E-state index contributed by atoms with van der Waals surface area (Å²) in [4.78, 5) is 30.5. The van der Waals surface area contributed by atoms with E-state index in [9.17, 15) is 22.4 Å². The normalized spacial score (nSPS) is 13.9. The van der Waals surface area contributed by atoms with E-state index in [4.69, 9.17) is 4.55 Å². The van der Waals surface area contributed by atoms with Gasteiger partial charge in [0.15, 0.2) is 0 Å². The molecule has 0 saturated carbocycles. The van der Waals surface area contributed by atoms with Gasteiger partial charge in [0.1, 0.15) is 5.82 Å². The maximum Gasteiger partial charge on any atom is 0.264 e. The molecule has 0 unspecified atom stereocenters. The van der Waals surface area contributed by atoms with E-state index in [1.54, 1.807) is 12.1 Å². The molecule has 1 aliphatic rings.